The Morgan fingerprint density at radius 3 is 2.71 bits per heavy atom. The highest BCUT2D eigenvalue weighted by molar-refractivity contribution is 6.42. The highest BCUT2D eigenvalue weighted by atomic mass is 16.5. The lowest BCUT2D eigenvalue weighted by atomic mass is 9.79. The van der Waals surface area contributed by atoms with Crippen LogP contribution in [0.25, 0.3) is 0 Å². The van der Waals surface area contributed by atoms with Crippen molar-refractivity contribution in [2.45, 2.75) is 89.4 Å². The van der Waals surface area contributed by atoms with Gasteiger partial charge in [0.2, 0.25) is 5.96 Å². The van der Waals surface area contributed by atoms with Crippen LogP contribution in [0.2, 0.25) is 0 Å². The first-order valence-electron chi connectivity index (χ1n) is 13.1. The molecule has 0 radical (unpaired) electrons. The van der Waals surface area contributed by atoms with E-state index in [2.05, 4.69) is 26.2 Å². The van der Waals surface area contributed by atoms with Gasteiger partial charge < -0.3 is 14.8 Å². The van der Waals surface area contributed by atoms with Gasteiger partial charge in [-0.3, -0.25) is 19.7 Å². The lowest BCUT2D eigenvalue weighted by Gasteiger charge is -2.30. The number of hydrogen-bond donors (Lipinski definition) is 3. The number of ether oxygens (including phenoxy) is 2. The molecule has 0 aromatic heterocycles. The number of guanidine groups is 1. The highest BCUT2D eigenvalue weighted by Gasteiger charge is 2.40. The molecule has 10 nitrogen and oxygen atoms in total. The number of hydrazone groups is 1. The van der Waals surface area contributed by atoms with Crippen molar-refractivity contribution in [3.63, 3.8) is 0 Å². The number of rotatable bonds is 5. The molecule has 3 heterocycles. The average Bonchev–Trinajstić information content (AvgIpc) is 3.55. The van der Waals surface area contributed by atoms with E-state index in [1.807, 2.05) is 6.92 Å². The number of carbonyl (C=O) groups is 3. The van der Waals surface area contributed by atoms with Gasteiger partial charge in [-0.2, -0.15) is 5.10 Å². The number of carbonyl (C=O) groups excluding carboxylic acids is 3. The van der Waals surface area contributed by atoms with Gasteiger partial charge in [-0.05, 0) is 70.3 Å². The fraction of sp³-hybridized carbons (Fsp3) is 0.720. The molecule has 5 rings (SSSR count). The van der Waals surface area contributed by atoms with Gasteiger partial charge in [0.25, 0.3) is 11.8 Å². The Morgan fingerprint density at radius 2 is 1.91 bits per heavy atom. The predicted molar refractivity (Wildman–Crippen MR) is 128 cm³/mol. The molecule has 2 amide bonds. The van der Waals surface area contributed by atoms with Crippen LogP contribution in [0.3, 0.4) is 0 Å². The van der Waals surface area contributed by atoms with E-state index in [4.69, 9.17) is 9.47 Å². The lowest BCUT2D eigenvalue weighted by molar-refractivity contribution is -0.149. The Labute approximate surface area is 205 Å². The number of esters is 1. The smallest absolute Gasteiger partial charge is 0.308 e. The van der Waals surface area contributed by atoms with Crippen LogP contribution in [-0.4, -0.2) is 54.3 Å². The predicted octanol–water partition coefficient (Wildman–Crippen LogP) is 1.91. The van der Waals surface area contributed by atoms with Crippen molar-refractivity contribution in [3.8, 4) is 0 Å². The minimum atomic E-state index is -0.305. The molecule has 4 unspecified atom stereocenters. The van der Waals surface area contributed by atoms with Crippen molar-refractivity contribution in [3.05, 3.63) is 11.8 Å². The van der Waals surface area contributed by atoms with Gasteiger partial charge in [0.15, 0.2) is 0 Å². The summed E-state index contributed by atoms with van der Waals surface area (Å²) in [4.78, 5) is 41.0. The molecule has 0 aromatic rings. The van der Waals surface area contributed by atoms with Crippen molar-refractivity contribution < 1.29 is 23.9 Å². The molecule has 4 atom stereocenters. The van der Waals surface area contributed by atoms with Crippen molar-refractivity contribution in [1.82, 2.24) is 16.1 Å². The van der Waals surface area contributed by atoms with Gasteiger partial charge in [0.1, 0.15) is 11.4 Å². The third kappa shape index (κ3) is 5.27. The molecule has 0 spiro atoms. The Bertz CT molecular complexity index is 952. The molecule has 10 heteroatoms. The topological polar surface area (TPSA) is 130 Å². The van der Waals surface area contributed by atoms with E-state index < -0.39 is 0 Å². The summed E-state index contributed by atoms with van der Waals surface area (Å²) < 4.78 is 11.4. The van der Waals surface area contributed by atoms with Crippen LogP contribution < -0.4 is 16.1 Å². The molecule has 2 saturated carbocycles. The van der Waals surface area contributed by atoms with Crippen molar-refractivity contribution >= 4 is 29.5 Å². The zero-order valence-corrected chi connectivity index (χ0v) is 20.3. The summed E-state index contributed by atoms with van der Waals surface area (Å²) in [6.07, 6.45) is 11.3. The Hall–Kier alpha value is -2.75. The number of aliphatic imine (C=N–C) groups is 1. The Morgan fingerprint density at radius 1 is 1.11 bits per heavy atom. The van der Waals surface area contributed by atoms with E-state index in [9.17, 15) is 14.4 Å². The van der Waals surface area contributed by atoms with E-state index in [0.717, 1.165) is 64.2 Å². The van der Waals surface area contributed by atoms with Gasteiger partial charge in [-0.1, -0.05) is 12.8 Å². The molecule has 0 aromatic carbocycles. The van der Waals surface area contributed by atoms with E-state index >= 15 is 0 Å². The monoisotopic (exact) mass is 485 g/mol. The Kier molecular flexibility index (Phi) is 7.17. The van der Waals surface area contributed by atoms with Gasteiger partial charge >= 0.3 is 5.97 Å². The van der Waals surface area contributed by atoms with E-state index in [1.54, 1.807) is 6.08 Å². The maximum Gasteiger partial charge on any atom is 0.308 e. The summed E-state index contributed by atoms with van der Waals surface area (Å²) in [5.41, 5.74) is 3.57. The van der Waals surface area contributed by atoms with Crippen LogP contribution in [0.4, 0.5) is 0 Å². The summed E-state index contributed by atoms with van der Waals surface area (Å²) in [5.74, 6) is 0.265. The molecule has 5 aliphatic rings. The summed E-state index contributed by atoms with van der Waals surface area (Å²) in [6.45, 7) is 2.27. The van der Waals surface area contributed by atoms with Crippen LogP contribution in [-0.2, 0) is 23.9 Å². The van der Waals surface area contributed by atoms with Crippen LogP contribution in [0.1, 0.15) is 71.1 Å². The minimum absolute atomic E-state index is 0.0100. The fourth-order valence-corrected chi connectivity index (χ4v) is 6.15. The third-order valence-corrected chi connectivity index (χ3v) is 7.99. The number of amides is 2. The lowest BCUT2D eigenvalue weighted by Crippen LogP contribution is -2.35. The molecule has 2 saturated heterocycles. The molecule has 0 bridgehead atoms. The number of hydrogen-bond acceptors (Lipinski definition) is 8. The number of fused-ring (bicyclic) bond motifs is 1. The van der Waals surface area contributed by atoms with Crippen molar-refractivity contribution in [2.24, 2.45) is 27.8 Å². The molecule has 190 valence electrons. The van der Waals surface area contributed by atoms with Crippen molar-refractivity contribution in [2.75, 3.05) is 6.61 Å². The molecule has 3 aliphatic heterocycles. The van der Waals surface area contributed by atoms with Crippen LogP contribution in [0, 0.1) is 17.8 Å². The summed E-state index contributed by atoms with van der Waals surface area (Å²) in [5, 5.41) is 9.98. The highest BCUT2D eigenvalue weighted by Crippen LogP contribution is 2.38. The van der Waals surface area contributed by atoms with Crippen LogP contribution >= 0.6 is 0 Å². The van der Waals surface area contributed by atoms with Gasteiger partial charge in [-0.25, -0.2) is 10.4 Å². The fourth-order valence-electron chi connectivity index (χ4n) is 6.15. The second-order valence-electron chi connectivity index (χ2n) is 10.2. The van der Waals surface area contributed by atoms with E-state index in [0.29, 0.717) is 23.9 Å². The first-order valence-corrected chi connectivity index (χ1v) is 13.1. The molecular weight excluding hydrogens is 450 g/mol. The number of nitrogens with one attached hydrogen (secondary N) is 3. The molecular formula is C25H35N5O5. The molecule has 2 aliphatic carbocycles. The first kappa shape index (κ1) is 24.0. The Balaban J connectivity index is 1.14. The molecule has 4 fully saturated rings. The molecule has 3 N–H and O–H groups in total. The second kappa shape index (κ2) is 10.5. The summed E-state index contributed by atoms with van der Waals surface area (Å²) >= 11 is 0. The van der Waals surface area contributed by atoms with E-state index in [1.165, 1.54) is 0 Å². The summed E-state index contributed by atoms with van der Waals surface area (Å²) in [7, 11) is 0. The normalized spacial score (nSPS) is 37.1. The van der Waals surface area contributed by atoms with E-state index in [-0.39, 0.29) is 53.8 Å². The zero-order valence-electron chi connectivity index (χ0n) is 20.3. The zero-order chi connectivity index (χ0) is 24.4. The van der Waals surface area contributed by atoms with Gasteiger partial charge in [-0.15, -0.1) is 0 Å². The standard InChI is InChI=1S/C25H35N5O5/c1-2-34-24(33)15-9-7-14(8-10-15)20-12-11-16(35-20)13-19-22(31)28-25(27-19)30-29-21-17-5-3-4-6-18(17)26-23(21)32/h13-18,20H,2-12H2,1H3,(H,26,32)(H2,27,28,30,31)/b19-13-,29-21-. The molecule has 35 heavy (non-hydrogen) atoms. The minimum Gasteiger partial charge on any atom is -0.466 e. The second-order valence-corrected chi connectivity index (χ2v) is 10.2. The maximum atomic E-state index is 12.4. The summed E-state index contributed by atoms with van der Waals surface area (Å²) in [6, 6.07) is 0.167. The van der Waals surface area contributed by atoms with Crippen LogP contribution in [0.5, 0.6) is 0 Å². The largest absolute Gasteiger partial charge is 0.466 e. The van der Waals surface area contributed by atoms with Crippen LogP contribution in [0.15, 0.2) is 21.9 Å². The first-order chi connectivity index (χ1) is 17.0. The number of nitrogens with zero attached hydrogens (tertiary/aromatic N) is 2. The maximum absolute atomic E-state index is 12.4. The SMILES string of the molecule is CCOC(=O)C1CCC(C2CCC(/C=C3\N=C(N/N=C4\C(=O)NC5CCCCC45)NC3=O)O2)CC1. The van der Waals surface area contributed by atoms with Gasteiger partial charge in [0.05, 0.1) is 24.7 Å². The van der Waals surface area contributed by atoms with Gasteiger partial charge in [0, 0.05) is 12.0 Å². The van der Waals surface area contributed by atoms with Crippen molar-refractivity contribution in [1.29, 1.82) is 0 Å². The quantitative estimate of drug-likeness (QED) is 0.310. The third-order valence-electron chi connectivity index (χ3n) is 7.99. The average molecular weight is 486 g/mol.